The third-order valence-electron chi connectivity index (χ3n) is 3.54. The van der Waals surface area contributed by atoms with Gasteiger partial charge in [0.05, 0.1) is 25.4 Å². The van der Waals surface area contributed by atoms with Gasteiger partial charge >= 0.3 is 0 Å². The van der Waals surface area contributed by atoms with Gasteiger partial charge in [-0.1, -0.05) is 35.7 Å². The Morgan fingerprint density at radius 3 is 3.00 bits per heavy atom. The van der Waals surface area contributed by atoms with E-state index in [9.17, 15) is 9.18 Å². The van der Waals surface area contributed by atoms with Gasteiger partial charge in [-0.25, -0.2) is 4.39 Å². The SMILES string of the molecule is O=C(CSC1=NCCS1)N1CCO[C@H](c2ccc(F)cc2)C1. The smallest absolute Gasteiger partial charge is 0.233 e. The molecule has 2 heterocycles. The van der Waals surface area contributed by atoms with E-state index in [1.165, 1.54) is 23.9 Å². The lowest BCUT2D eigenvalue weighted by Crippen LogP contribution is -2.43. The molecule has 1 fully saturated rings. The van der Waals surface area contributed by atoms with Gasteiger partial charge in [-0.3, -0.25) is 9.79 Å². The summed E-state index contributed by atoms with van der Waals surface area (Å²) in [5.41, 5.74) is 0.905. The zero-order chi connectivity index (χ0) is 15.4. The van der Waals surface area contributed by atoms with Gasteiger partial charge in [-0.2, -0.15) is 0 Å². The average Bonchev–Trinajstić information content (AvgIpc) is 3.07. The van der Waals surface area contributed by atoms with E-state index in [2.05, 4.69) is 4.99 Å². The molecule has 3 rings (SSSR count). The Labute approximate surface area is 137 Å². The summed E-state index contributed by atoms with van der Waals surface area (Å²) in [6, 6.07) is 6.27. The number of hydrogen-bond acceptors (Lipinski definition) is 5. The first-order valence-electron chi connectivity index (χ1n) is 7.17. The van der Waals surface area contributed by atoms with Crippen molar-refractivity contribution < 1.29 is 13.9 Å². The maximum absolute atomic E-state index is 13.0. The summed E-state index contributed by atoms with van der Waals surface area (Å²) in [6.07, 6.45) is -0.179. The van der Waals surface area contributed by atoms with Crippen LogP contribution in [0.1, 0.15) is 11.7 Å². The summed E-state index contributed by atoms with van der Waals surface area (Å²) >= 11 is 3.23. The van der Waals surface area contributed by atoms with Crippen molar-refractivity contribution in [2.24, 2.45) is 4.99 Å². The number of morpholine rings is 1. The van der Waals surface area contributed by atoms with E-state index < -0.39 is 0 Å². The summed E-state index contributed by atoms with van der Waals surface area (Å²) in [7, 11) is 0. The van der Waals surface area contributed by atoms with Crippen molar-refractivity contribution in [3.05, 3.63) is 35.6 Å². The highest BCUT2D eigenvalue weighted by molar-refractivity contribution is 8.39. The molecule has 0 radical (unpaired) electrons. The molecule has 118 valence electrons. The van der Waals surface area contributed by atoms with E-state index in [1.54, 1.807) is 23.9 Å². The van der Waals surface area contributed by atoms with Crippen molar-refractivity contribution in [3.63, 3.8) is 0 Å². The maximum Gasteiger partial charge on any atom is 0.233 e. The zero-order valence-electron chi connectivity index (χ0n) is 12.0. The Morgan fingerprint density at radius 2 is 2.27 bits per heavy atom. The van der Waals surface area contributed by atoms with Gasteiger partial charge in [0, 0.05) is 12.3 Å². The van der Waals surface area contributed by atoms with Gasteiger partial charge in [0.2, 0.25) is 5.91 Å². The number of ether oxygens (including phenoxy) is 1. The van der Waals surface area contributed by atoms with Crippen LogP contribution in [0.25, 0.3) is 0 Å². The van der Waals surface area contributed by atoms with Crippen molar-refractivity contribution in [1.29, 1.82) is 0 Å². The molecule has 1 amide bonds. The molecule has 0 aromatic heterocycles. The van der Waals surface area contributed by atoms with Gasteiger partial charge < -0.3 is 9.64 Å². The molecule has 0 unspecified atom stereocenters. The summed E-state index contributed by atoms with van der Waals surface area (Å²) in [4.78, 5) is 18.5. The van der Waals surface area contributed by atoms with Crippen molar-refractivity contribution in [2.75, 3.05) is 37.7 Å². The first kappa shape index (κ1) is 15.8. The van der Waals surface area contributed by atoms with Crippen LogP contribution in [-0.2, 0) is 9.53 Å². The number of rotatable bonds is 3. The number of thioether (sulfide) groups is 2. The number of hydrogen-bond donors (Lipinski definition) is 0. The molecule has 1 saturated heterocycles. The van der Waals surface area contributed by atoms with E-state index in [1.807, 2.05) is 4.90 Å². The molecule has 1 atom stereocenters. The van der Waals surface area contributed by atoms with Crippen molar-refractivity contribution >= 4 is 33.8 Å². The molecule has 7 heteroatoms. The van der Waals surface area contributed by atoms with E-state index in [-0.39, 0.29) is 17.8 Å². The van der Waals surface area contributed by atoms with Gasteiger partial charge in [-0.15, -0.1) is 0 Å². The normalized spacial score (nSPS) is 21.8. The molecular weight excluding hydrogens is 323 g/mol. The largest absolute Gasteiger partial charge is 0.370 e. The van der Waals surface area contributed by atoms with Crippen LogP contribution in [0.4, 0.5) is 4.39 Å². The summed E-state index contributed by atoms with van der Waals surface area (Å²) in [5, 5.41) is 0. The average molecular weight is 340 g/mol. The lowest BCUT2D eigenvalue weighted by atomic mass is 10.1. The second-order valence-corrected chi connectivity index (χ2v) is 7.34. The molecular formula is C15H17FN2O2S2. The predicted octanol–water partition coefficient (Wildman–Crippen LogP) is 2.56. The number of carbonyl (C=O) groups excluding carboxylic acids is 1. The number of halogens is 1. The molecule has 0 aliphatic carbocycles. The molecule has 1 aromatic carbocycles. The highest BCUT2D eigenvalue weighted by Gasteiger charge is 2.25. The molecule has 0 saturated carbocycles. The third-order valence-corrected chi connectivity index (χ3v) is 5.77. The van der Waals surface area contributed by atoms with Crippen LogP contribution in [0.3, 0.4) is 0 Å². The van der Waals surface area contributed by atoms with Crippen molar-refractivity contribution in [1.82, 2.24) is 4.90 Å². The molecule has 2 aliphatic rings. The Morgan fingerprint density at radius 1 is 1.45 bits per heavy atom. The molecule has 22 heavy (non-hydrogen) atoms. The zero-order valence-corrected chi connectivity index (χ0v) is 13.7. The number of benzene rings is 1. The molecule has 0 spiro atoms. The Kier molecular flexibility index (Phi) is 5.38. The van der Waals surface area contributed by atoms with Crippen LogP contribution >= 0.6 is 23.5 Å². The first-order valence-corrected chi connectivity index (χ1v) is 9.14. The maximum atomic E-state index is 13.0. The van der Waals surface area contributed by atoms with Crippen LogP contribution < -0.4 is 0 Å². The Balaban J connectivity index is 1.55. The van der Waals surface area contributed by atoms with Crippen LogP contribution in [0.2, 0.25) is 0 Å². The lowest BCUT2D eigenvalue weighted by molar-refractivity contribution is -0.136. The predicted molar refractivity (Wildman–Crippen MR) is 88.9 cm³/mol. The van der Waals surface area contributed by atoms with Crippen LogP contribution in [-0.4, -0.2) is 52.9 Å². The first-order chi connectivity index (χ1) is 10.7. The summed E-state index contributed by atoms with van der Waals surface area (Å²) in [5.74, 6) is 1.28. The standard InChI is InChI=1S/C15H17FN2O2S2/c16-12-3-1-11(2-4-12)13-9-18(6-7-20-13)14(19)10-22-15-17-5-8-21-15/h1-4,13H,5-10H2/t13-/m0/s1. The number of nitrogens with zero attached hydrogens (tertiary/aromatic N) is 2. The van der Waals surface area contributed by atoms with Crippen LogP contribution in [0, 0.1) is 5.82 Å². The minimum absolute atomic E-state index is 0.107. The van der Waals surface area contributed by atoms with Gasteiger partial charge in [-0.05, 0) is 17.7 Å². The monoisotopic (exact) mass is 340 g/mol. The summed E-state index contributed by atoms with van der Waals surface area (Å²) in [6.45, 7) is 2.49. The fourth-order valence-electron chi connectivity index (χ4n) is 2.37. The lowest BCUT2D eigenvalue weighted by Gasteiger charge is -2.33. The van der Waals surface area contributed by atoms with Gasteiger partial charge in [0.1, 0.15) is 16.3 Å². The topological polar surface area (TPSA) is 41.9 Å². The molecule has 1 aromatic rings. The summed E-state index contributed by atoms with van der Waals surface area (Å²) < 4.78 is 19.7. The number of carbonyl (C=O) groups is 1. The quantitative estimate of drug-likeness (QED) is 0.848. The minimum Gasteiger partial charge on any atom is -0.370 e. The van der Waals surface area contributed by atoms with Crippen molar-refractivity contribution in [3.8, 4) is 0 Å². The fourth-order valence-corrected chi connectivity index (χ4v) is 4.28. The second-order valence-electron chi connectivity index (χ2n) is 5.04. The Hall–Kier alpha value is -1.05. The highest BCUT2D eigenvalue weighted by atomic mass is 32.2. The highest BCUT2D eigenvalue weighted by Crippen LogP contribution is 2.25. The molecule has 0 bridgehead atoms. The van der Waals surface area contributed by atoms with E-state index in [0.717, 1.165) is 22.2 Å². The molecule has 4 nitrogen and oxygen atoms in total. The van der Waals surface area contributed by atoms with Gasteiger partial charge in [0.25, 0.3) is 0 Å². The Bertz CT molecular complexity index is 565. The van der Waals surface area contributed by atoms with Crippen LogP contribution in [0.5, 0.6) is 0 Å². The molecule has 2 aliphatic heterocycles. The van der Waals surface area contributed by atoms with Gasteiger partial charge in [0.15, 0.2) is 0 Å². The second kappa shape index (κ2) is 7.48. The van der Waals surface area contributed by atoms with E-state index in [0.29, 0.717) is 25.4 Å². The fraction of sp³-hybridized carbons (Fsp3) is 0.467. The molecule has 0 N–H and O–H groups in total. The minimum atomic E-state index is -0.265. The van der Waals surface area contributed by atoms with Crippen LogP contribution in [0.15, 0.2) is 29.3 Å². The number of amides is 1. The third kappa shape index (κ3) is 4.02. The van der Waals surface area contributed by atoms with E-state index >= 15 is 0 Å². The number of aliphatic imine (C=N–C) groups is 1. The van der Waals surface area contributed by atoms with Crippen molar-refractivity contribution in [2.45, 2.75) is 6.10 Å². The van der Waals surface area contributed by atoms with E-state index in [4.69, 9.17) is 4.74 Å².